The molecule has 0 saturated heterocycles. The van der Waals surface area contributed by atoms with Gasteiger partial charge in [-0.1, -0.05) is 27.4 Å². The van der Waals surface area contributed by atoms with Crippen molar-refractivity contribution < 1.29 is 19.0 Å². The molecule has 0 radical (unpaired) electrons. The number of carbonyl (C=O) groups excluding carboxylic acids is 1. The van der Waals surface area contributed by atoms with Gasteiger partial charge in [-0.15, -0.1) is 0 Å². The summed E-state index contributed by atoms with van der Waals surface area (Å²) in [6.45, 7) is 12.5. The van der Waals surface area contributed by atoms with Crippen molar-refractivity contribution in [3.05, 3.63) is 12.2 Å². The summed E-state index contributed by atoms with van der Waals surface area (Å²) in [4.78, 5) is 11.9. The molecule has 0 aromatic heterocycles. The van der Waals surface area contributed by atoms with Gasteiger partial charge in [0.2, 0.25) is 0 Å². The molecule has 4 nitrogen and oxygen atoms in total. The number of carbonyl (C=O) groups is 1. The van der Waals surface area contributed by atoms with Crippen molar-refractivity contribution in [2.24, 2.45) is 22.7 Å². The molecule has 3 aliphatic carbocycles. The quantitative estimate of drug-likeness (QED) is 0.399. The maximum atomic E-state index is 11.9. The summed E-state index contributed by atoms with van der Waals surface area (Å²) in [6, 6.07) is 0. The van der Waals surface area contributed by atoms with Crippen molar-refractivity contribution in [2.45, 2.75) is 71.7 Å². The molecule has 4 heteroatoms. The molecule has 0 aromatic carbocycles. The van der Waals surface area contributed by atoms with Crippen LogP contribution in [0.1, 0.15) is 59.8 Å². The summed E-state index contributed by atoms with van der Waals surface area (Å²) < 4.78 is 17.7. The van der Waals surface area contributed by atoms with Crippen LogP contribution >= 0.6 is 0 Å². The summed E-state index contributed by atoms with van der Waals surface area (Å²) >= 11 is 0. The fraction of sp³-hybridized carbons (Fsp3) is 0.850. The topological polar surface area (TPSA) is 44.8 Å². The monoisotopic (exact) mass is 336 g/mol. The predicted molar refractivity (Wildman–Crippen MR) is 92.3 cm³/mol. The number of hydrogen-bond donors (Lipinski definition) is 0. The van der Waals surface area contributed by atoms with Gasteiger partial charge >= 0.3 is 5.97 Å². The molecule has 0 heterocycles. The molecule has 3 saturated carbocycles. The zero-order valence-electron chi connectivity index (χ0n) is 15.8. The molecule has 0 N–H and O–H groups in total. The van der Waals surface area contributed by atoms with Crippen molar-refractivity contribution in [1.29, 1.82) is 0 Å². The Bertz CT molecular complexity index is 542. The molecule has 3 fully saturated rings. The van der Waals surface area contributed by atoms with Crippen LogP contribution in [-0.4, -0.2) is 31.6 Å². The first-order valence-corrected chi connectivity index (χ1v) is 9.20. The van der Waals surface area contributed by atoms with Crippen LogP contribution in [0.2, 0.25) is 0 Å². The van der Waals surface area contributed by atoms with Crippen LogP contribution in [0.4, 0.5) is 0 Å². The molecule has 1 spiro atoms. The second-order valence-corrected chi connectivity index (χ2v) is 9.14. The lowest BCUT2D eigenvalue weighted by atomic mass is 9.68. The van der Waals surface area contributed by atoms with Crippen molar-refractivity contribution >= 4 is 5.97 Å². The Balaban J connectivity index is 1.75. The molecule has 0 aromatic rings. The normalized spacial score (nSPS) is 41.0. The van der Waals surface area contributed by atoms with Crippen LogP contribution in [0.5, 0.6) is 0 Å². The first kappa shape index (κ1) is 17.9. The molecule has 5 unspecified atom stereocenters. The highest BCUT2D eigenvalue weighted by Crippen LogP contribution is 2.79. The van der Waals surface area contributed by atoms with Gasteiger partial charge in [-0.05, 0) is 44.9 Å². The summed E-state index contributed by atoms with van der Waals surface area (Å²) in [7, 11) is 1.73. The van der Waals surface area contributed by atoms with Gasteiger partial charge in [0, 0.05) is 29.4 Å². The average molecular weight is 336 g/mol. The van der Waals surface area contributed by atoms with Gasteiger partial charge in [-0.2, -0.15) is 0 Å². The van der Waals surface area contributed by atoms with Gasteiger partial charge in [-0.3, -0.25) is 0 Å². The van der Waals surface area contributed by atoms with Crippen molar-refractivity contribution in [3.63, 3.8) is 0 Å². The van der Waals surface area contributed by atoms with Crippen LogP contribution in [0.15, 0.2) is 12.2 Å². The van der Waals surface area contributed by atoms with Crippen molar-refractivity contribution in [3.8, 4) is 0 Å². The van der Waals surface area contributed by atoms with Gasteiger partial charge in [0.1, 0.15) is 0 Å². The average Bonchev–Trinajstić information content (AvgIpc) is 2.98. The molecule has 136 valence electrons. The van der Waals surface area contributed by atoms with Crippen molar-refractivity contribution in [1.82, 2.24) is 0 Å². The third kappa shape index (κ3) is 2.82. The highest BCUT2D eigenvalue weighted by molar-refractivity contribution is 5.86. The maximum Gasteiger partial charge on any atom is 0.333 e. The Kier molecular flexibility index (Phi) is 4.37. The molecule has 5 atom stereocenters. The maximum absolute atomic E-state index is 11.9. The molecule has 3 aliphatic rings. The van der Waals surface area contributed by atoms with E-state index in [0.717, 1.165) is 25.7 Å². The van der Waals surface area contributed by atoms with Gasteiger partial charge in [-0.25, -0.2) is 4.79 Å². The predicted octanol–water partition coefficient (Wildman–Crippen LogP) is 4.09. The fourth-order valence-corrected chi connectivity index (χ4v) is 5.71. The highest BCUT2D eigenvalue weighted by atomic mass is 16.7. The number of esters is 1. The van der Waals surface area contributed by atoms with Gasteiger partial charge in [0.25, 0.3) is 0 Å². The van der Waals surface area contributed by atoms with Crippen LogP contribution in [0.3, 0.4) is 0 Å². The van der Waals surface area contributed by atoms with E-state index in [1.807, 2.05) is 0 Å². The summed E-state index contributed by atoms with van der Waals surface area (Å²) in [5, 5.41) is 0. The minimum absolute atomic E-state index is 0.0658. The Labute approximate surface area is 145 Å². The summed E-state index contributed by atoms with van der Waals surface area (Å²) in [5.74, 6) is 0.705. The number of hydrogen-bond acceptors (Lipinski definition) is 4. The van der Waals surface area contributed by atoms with E-state index in [1.54, 1.807) is 14.0 Å². The van der Waals surface area contributed by atoms with E-state index in [2.05, 4.69) is 27.4 Å². The first-order valence-electron chi connectivity index (χ1n) is 9.20. The number of fused-ring (bicyclic) bond motifs is 1. The largest absolute Gasteiger partial charge is 0.462 e. The zero-order chi connectivity index (χ0) is 17.8. The number of rotatable bonds is 7. The Hall–Kier alpha value is -0.870. The van der Waals surface area contributed by atoms with E-state index in [9.17, 15) is 4.79 Å². The third-order valence-electron chi connectivity index (χ3n) is 6.34. The van der Waals surface area contributed by atoms with Crippen LogP contribution in [0, 0.1) is 22.7 Å². The molecule has 3 rings (SSSR count). The third-order valence-corrected chi connectivity index (χ3v) is 6.34. The van der Waals surface area contributed by atoms with Gasteiger partial charge < -0.3 is 14.2 Å². The Morgan fingerprint density at radius 3 is 2.54 bits per heavy atom. The van der Waals surface area contributed by atoms with E-state index >= 15 is 0 Å². The Morgan fingerprint density at radius 2 is 1.96 bits per heavy atom. The summed E-state index contributed by atoms with van der Waals surface area (Å²) in [6.07, 6.45) is 5.41. The standard InChI is InChI=1S/C20H32O4/c1-13(2)16(21)23-12-18-7-15(5)8-19(9-18)11-20(19,10-18)24-17(22-6)14(3)4/h14-15,17H,1,7-12H2,2-6H3. The molecule has 0 aliphatic heterocycles. The smallest absolute Gasteiger partial charge is 0.333 e. The molecule has 24 heavy (non-hydrogen) atoms. The SMILES string of the molecule is C=C(C)C(=O)OCC12CC(C)CC3(C1)CC3(OC(OC)C(C)C)C2. The number of ether oxygens (including phenoxy) is 3. The fourth-order valence-electron chi connectivity index (χ4n) is 5.71. The number of methoxy groups -OCH3 is 1. The van der Waals surface area contributed by atoms with Crippen LogP contribution in [-0.2, 0) is 19.0 Å². The highest BCUT2D eigenvalue weighted by Gasteiger charge is 2.79. The molecule has 0 amide bonds. The second-order valence-electron chi connectivity index (χ2n) is 9.14. The van der Waals surface area contributed by atoms with Gasteiger partial charge in [0.05, 0.1) is 12.2 Å². The lowest BCUT2D eigenvalue weighted by molar-refractivity contribution is -0.196. The van der Waals surface area contributed by atoms with E-state index in [4.69, 9.17) is 14.2 Å². The molecular formula is C20H32O4. The lowest BCUT2D eigenvalue weighted by Gasteiger charge is -2.38. The van der Waals surface area contributed by atoms with Gasteiger partial charge in [0.15, 0.2) is 6.29 Å². The zero-order valence-corrected chi connectivity index (χ0v) is 15.8. The second kappa shape index (κ2) is 5.84. The van der Waals surface area contributed by atoms with E-state index < -0.39 is 0 Å². The minimum atomic E-state index is -0.274. The van der Waals surface area contributed by atoms with E-state index in [0.29, 0.717) is 24.0 Å². The van der Waals surface area contributed by atoms with Crippen LogP contribution < -0.4 is 0 Å². The first-order chi connectivity index (χ1) is 11.2. The Morgan fingerprint density at radius 1 is 1.25 bits per heavy atom. The van der Waals surface area contributed by atoms with Crippen molar-refractivity contribution in [2.75, 3.05) is 13.7 Å². The lowest BCUT2D eigenvalue weighted by Crippen LogP contribution is -2.35. The molecule has 2 bridgehead atoms. The van der Waals surface area contributed by atoms with E-state index in [1.165, 1.54) is 6.42 Å². The van der Waals surface area contributed by atoms with Crippen LogP contribution in [0.25, 0.3) is 0 Å². The van der Waals surface area contributed by atoms with E-state index in [-0.39, 0.29) is 28.7 Å². The molecular weight excluding hydrogens is 304 g/mol. The minimum Gasteiger partial charge on any atom is -0.462 e. The summed E-state index contributed by atoms with van der Waals surface area (Å²) in [5.41, 5.74) is 0.735.